The van der Waals surface area contributed by atoms with Crippen LogP contribution < -0.4 is 11.1 Å². The average molecular weight is 172 g/mol. The van der Waals surface area contributed by atoms with Crippen molar-refractivity contribution in [2.24, 2.45) is 5.73 Å². The molecule has 0 rings (SSSR count). The van der Waals surface area contributed by atoms with E-state index in [1.54, 1.807) is 7.11 Å². The second kappa shape index (κ2) is 5.30. The molecule has 2 atom stereocenters. The van der Waals surface area contributed by atoms with E-state index in [4.69, 9.17) is 10.5 Å². The van der Waals surface area contributed by atoms with Crippen molar-refractivity contribution in [3.05, 3.63) is 12.7 Å². The first-order valence-electron chi connectivity index (χ1n) is 4.19. The molecule has 72 valence electrons. The molecule has 0 amide bonds. The highest BCUT2D eigenvalue weighted by molar-refractivity contribution is 4.92. The van der Waals surface area contributed by atoms with Crippen LogP contribution in [0.4, 0.5) is 0 Å². The summed E-state index contributed by atoms with van der Waals surface area (Å²) in [4.78, 5) is 0. The molecule has 0 saturated heterocycles. The molecule has 0 aromatic carbocycles. The van der Waals surface area contributed by atoms with Crippen LogP contribution in [0.3, 0.4) is 0 Å². The van der Waals surface area contributed by atoms with Gasteiger partial charge in [0.25, 0.3) is 0 Å². The third-order valence-electron chi connectivity index (χ3n) is 2.33. The normalized spacial score (nSPS) is 18.3. The highest BCUT2D eigenvalue weighted by Crippen LogP contribution is 2.10. The van der Waals surface area contributed by atoms with Crippen molar-refractivity contribution in [1.29, 1.82) is 0 Å². The van der Waals surface area contributed by atoms with Gasteiger partial charge in [-0.3, -0.25) is 0 Å². The second-order valence-corrected chi connectivity index (χ2v) is 3.17. The lowest BCUT2D eigenvalue weighted by molar-refractivity contribution is 0.0438. The first-order valence-corrected chi connectivity index (χ1v) is 4.19. The summed E-state index contributed by atoms with van der Waals surface area (Å²) < 4.78 is 5.23. The molecule has 0 aromatic rings. The van der Waals surface area contributed by atoms with E-state index in [1.807, 2.05) is 19.9 Å². The van der Waals surface area contributed by atoms with Crippen LogP contribution in [0, 0.1) is 0 Å². The van der Waals surface area contributed by atoms with Gasteiger partial charge in [-0.05, 0) is 13.8 Å². The molecule has 0 fully saturated rings. The molecule has 2 unspecified atom stereocenters. The second-order valence-electron chi connectivity index (χ2n) is 3.17. The number of rotatable bonds is 6. The highest BCUT2D eigenvalue weighted by atomic mass is 16.5. The predicted octanol–water partition coefficient (Wildman–Crippen LogP) is 0.514. The van der Waals surface area contributed by atoms with Gasteiger partial charge in [-0.2, -0.15) is 0 Å². The van der Waals surface area contributed by atoms with Crippen molar-refractivity contribution < 1.29 is 4.74 Å². The van der Waals surface area contributed by atoms with E-state index in [-0.39, 0.29) is 11.6 Å². The number of nitrogens with one attached hydrogen (secondary N) is 1. The van der Waals surface area contributed by atoms with Gasteiger partial charge in [0.15, 0.2) is 0 Å². The Morgan fingerprint density at radius 1 is 1.75 bits per heavy atom. The van der Waals surface area contributed by atoms with E-state index < -0.39 is 0 Å². The molecule has 0 bridgehead atoms. The minimum Gasteiger partial charge on any atom is -0.380 e. The average Bonchev–Trinajstić information content (AvgIpc) is 2.12. The lowest BCUT2D eigenvalue weighted by Crippen LogP contribution is -2.56. The number of ether oxygens (including phenoxy) is 1. The summed E-state index contributed by atoms with van der Waals surface area (Å²) >= 11 is 0. The lowest BCUT2D eigenvalue weighted by Gasteiger charge is -2.34. The Labute approximate surface area is 75.0 Å². The Hall–Kier alpha value is -0.380. The minimum atomic E-state index is -0.164. The molecular weight excluding hydrogens is 152 g/mol. The van der Waals surface area contributed by atoms with Crippen molar-refractivity contribution in [2.45, 2.75) is 25.5 Å². The van der Waals surface area contributed by atoms with E-state index in [2.05, 4.69) is 11.9 Å². The standard InChI is InChI=1S/C9H20N2O/c1-5-6-11-9(3,7-10)8(2)12-4/h5,8,11H,1,6-7,10H2,2-4H3. The molecule has 0 spiro atoms. The van der Waals surface area contributed by atoms with Gasteiger partial charge >= 0.3 is 0 Å². The summed E-state index contributed by atoms with van der Waals surface area (Å²) in [6, 6.07) is 0. The molecule has 0 saturated carbocycles. The van der Waals surface area contributed by atoms with Crippen LogP contribution >= 0.6 is 0 Å². The predicted molar refractivity (Wildman–Crippen MR) is 52.1 cm³/mol. The fourth-order valence-corrected chi connectivity index (χ4v) is 0.947. The zero-order chi connectivity index (χ0) is 9.61. The molecule has 3 nitrogen and oxygen atoms in total. The summed E-state index contributed by atoms with van der Waals surface area (Å²) in [5, 5.41) is 3.28. The van der Waals surface area contributed by atoms with Crippen molar-refractivity contribution in [2.75, 3.05) is 20.2 Å². The molecule has 12 heavy (non-hydrogen) atoms. The van der Waals surface area contributed by atoms with E-state index in [9.17, 15) is 0 Å². The zero-order valence-corrected chi connectivity index (χ0v) is 8.26. The number of hydrogen-bond donors (Lipinski definition) is 2. The van der Waals surface area contributed by atoms with Crippen LogP contribution in [0.5, 0.6) is 0 Å². The highest BCUT2D eigenvalue weighted by Gasteiger charge is 2.28. The van der Waals surface area contributed by atoms with E-state index in [1.165, 1.54) is 0 Å². The molecule has 0 aromatic heterocycles. The fraction of sp³-hybridized carbons (Fsp3) is 0.778. The topological polar surface area (TPSA) is 47.3 Å². The molecule has 0 aliphatic rings. The zero-order valence-electron chi connectivity index (χ0n) is 8.26. The third kappa shape index (κ3) is 2.93. The summed E-state index contributed by atoms with van der Waals surface area (Å²) in [7, 11) is 1.69. The summed E-state index contributed by atoms with van der Waals surface area (Å²) in [5.41, 5.74) is 5.48. The third-order valence-corrected chi connectivity index (χ3v) is 2.33. The van der Waals surface area contributed by atoms with Crippen molar-refractivity contribution in [3.63, 3.8) is 0 Å². The Bertz CT molecular complexity index is 138. The van der Waals surface area contributed by atoms with Gasteiger partial charge in [-0.25, -0.2) is 0 Å². The van der Waals surface area contributed by atoms with E-state index in [0.717, 1.165) is 6.54 Å². The lowest BCUT2D eigenvalue weighted by atomic mass is 9.96. The van der Waals surface area contributed by atoms with Crippen molar-refractivity contribution >= 4 is 0 Å². The van der Waals surface area contributed by atoms with Gasteiger partial charge in [0.05, 0.1) is 11.6 Å². The molecule has 0 heterocycles. The largest absolute Gasteiger partial charge is 0.380 e. The van der Waals surface area contributed by atoms with Crippen LogP contribution in [0.2, 0.25) is 0 Å². The van der Waals surface area contributed by atoms with Crippen LogP contribution in [-0.4, -0.2) is 31.8 Å². The maximum atomic E-state index is 5.65. The fourth-order valence-electron chi connectivity index (χ4n) is 0.947. The van der Waals surface area contributed by atoms with Crippen molar-refractivity contribution in [1.82, 2.24) is 5.32 Å². The molecule has 0 aliphatic heterocycles. The first-order chi connectivity index (χ1) is 5.60. The smallest absolute Gasteiger partial charge is 0.0734 e. The SMILES string of the molecule is C=CCNC(C)(CN)C(C)OC. The molecule has 3 heteroatoms. The van der Waals surface area contributed by atoms with Gasteiger partial charge < -0.3 is 15.8 Å². The first kappa shape index (κ1) is 11.6. The quantitative estimate of drug-likeness (QED) is 0.574. The van der Waals surface area contributed by atoms with Crippen LogP contribution in [0.15, 0.2) is 12.7 Å². The summed E-state index contributed by atoms with van der Waals surface area (Å²) in [6.45, 7) is 8.99. The van der Waals surface area contributed by atoms with Gasteiger partial charge in [-0.1, -0.05) is 6.08 Å². The summed E-state index contributed by atoms with van der Waals surface area (Å²) in [5.74, 6) is 0. The van der Waals surface area contributed by atoms with Crippen LogP contribution in [0.1, 0.15) is 13.8 Å². The Morgan fingerprint density at radius 2 is 2.33 bits per heavy atom. The maximum absolute atomic E-state index is 5.65. The molecule has 3 N–H and O–H groups in total. The number of hydrogen-bond acceptors (Lipinski definition) is 3. The summed E-state index contributed by atoms with van der Waals surface area (Å²) in [6.07, 6.45) is 1.92. The van der Waals surface area contributed by atoms with Gasteiger partial charge in [-0.15, -0.1) is 6.58 Å². The van der Waals surface area contributed by atoms with Gasteiger partial charge in [0.2, 0.25) is 0 Å². The molecule has 0 radical (unpaired) electrons. The van der Waals surface area contributed by atoms with Gasteiger partial charge in [0.1, 0.15) is 0 Å². The molecular formula is C9H20N2O. The number of methoxy groups -OCH3 is 1. The minimum absolute atomic E-state index is 0.0995. The molecule has 0 aliphatic carbocycles. The Kier molecular flexibility index (Phi) is 5.13. The number of nitrogens with two attached hydrogens (primary N) is 1. The monoisotopic (exact) mass is 172 g/mol. The maximum Gasteiger partial charge on any atom is 0.0734 e. The Balaban J connectivity index is 4.11. The van der Waals surface area contributed by atoms with E-state index >= 15 is 0 Å². The Morgan fingerprint density at radius 3 is 2.67 bits per heavy atom. The van der Waals surface area contributed by atoms with Gasteiger partial charge in [0, 0.05) is 20.2 Å². The van der Waals surface area contributed by atoms with Crippen LogP contribution in [0.25, 0.3) is 0 Å². The van der Waals surface area contributed by atoms with E-state index in [0.29, 0.717) is 6.54 Å². The van der Waals surface area contributed by atoms with Crippen molar-refractivity contribution in [3.8, 4) is 0 Å². The van der Waals surface area contributed by atoms with Crippen LogP contribution in [-0.2, 0) is 4.74 Å².